The number of nitrogens with one attached hydrogen (secondary N) is 1. The number of likely N-dealkylation sites (tertiary alicyclic amines) is 1. The number of amides is 1. The molecule has 2 aliphatic rings. The number of hydrogen-bond donors (Lipinski definition) is 2. The first kappa shape index (κ1) is 18.3. The lowest BCUT2D eigenvalue weighted by molar-refractivity contribution is -0.137. The molecule has 5 heteroatoms. The van der Waals surface area contributed by atoms with Crippen LogP contribution >= 0.6 is 0 Å². The summed E-state index contributed by atoms with van der Waals surface area (Å²) in [4.78, 5) is 14.4. The van der Waals surface area contributed by atoms with E-state index < -0.39 is 5.60 Å². The number of benzene rings is 1. The summed E-state index contributed by atoms with van der Waals surface area (Å²) in [5, 5.41) is 14.1. The Bertz CT molecular complexity index is 592. The first-order chi connectivity index (χ1) is 12.0. The molecule has 1 heterocycles. The van der Waals surface area contributed by atoms with Crippen molar-refractivity contribution in [2.75, 3.05) is 19.6 Å². The van der Waals surface area contributed by atoms with Crippen molar-refractivity contribution in [2.45, 2.75) is 57.1 Å². The number of hydrogen-bond acceptors (Lipinski definition) is 3. The van der Waals surface area contributed by atoms with Gasteiger partial charge in [-0.25, -0.2) is 4.39 Å². The van der Waals surface area contributed by atoms with E-state index in [1.54, 1.807) is 12.1 Å². The summed E-state index contributed by atoms with van der Waals surface area (Å²) in [7, 11) is 0. The van der Waals surface area contributed by atoms with Gasteiger partial charge in [0.25, 0.3) is 0 Å². The summed E-state index contributed by atoms with van der Waals surface area (Å²) in [5.41, 5.74) is 0.336. The molecule has 0 spiro atoms. The molecule has 138 valence electrons. The minimum absolute atomic E-state index is 0.0233. The molecule has 1 aliphatic heterocycles. The van der Waals surface area contributed by atoms with Gasteiger partial charge in [-0.1, -0.05) is 31.9 Å². The summed E-state index contributed by atoms with van der Waals surface area (Å²) >= 11 is 0. The minimum atomic E-state index is -0.659. The number of nitrogens with zero attached hydrogens (tertiary/aromatic N) is 1. The first-order valence-electron chi connectivity index (χ1n) is 9.52. The van der Waals surface area contributed by atoms with E-state index in [0.29, 0.717) is 26.1 Å². The zero-order valence-electron chi connectivity index (χ0n) is 15.0. The average molecular weight is 348 g/mol. The van der Waals surface area contributed by atoms with Crippen LogP contribution in [-0.4, -0.2) is 41.1 Å². The number of carbonyl (C=O) groups excluding carboxylic acids is 1. The van der Waals surface area contributed by atoms with Gasteiger partial charge in [0, 0.05) is 25.0 Å². The number of fused-ring (bicyclic) bond motifs is 1. The van der Waals surface area contributed by atoms with Crippen LogP contribution in [0.1, 0.15) is 57.1 Å². The van der Waals surface area contributed by atoms with Gasteiger partial charge in [-0.3, -0.25) is 9.69 Å². The molecular formula is C20H29FN2O2. The topological polar surface area (TPSA) is 52.6 Å². The molecule has 3 rings (SSSR count). The van der Waals surface area contributed by atoms with Crippen LogP contribution in [0.15, 0.2) is 24.3 Å². The Hall–Kier alpha value is -1.46. The van der Waals surface area contributed by atoms with Crippen molar-refractivity contribution in [3.05, 3.63) is 35.6 Å². The van der Waals surface area contributed by atoms with Gasteiger partial charge in [0.05, 0.1) is 12.1 Å². The van der Waals surface area contributed by atoms with Crippen molar-refractivity contribution in [1.82, 2.24) is 10.2 Å². The Morgan fingerprint density at radius 3 is 2.80 bits per heavy atom. The third-order valence-electron chi connectivity index (χ3n) is 5.80. The van der Waals surface area contributed by atoms with Crippen molar-refractivity contribution < 1.29 is 14.3 Å². The second kappa shape index (κ2) is 7.83. The third-order valence-corrected chi connectivity index (χ3v) is 5.80. The highest BCUT2D eigenvalue weighted by molar-refractivity contribution is 5.78. The predicted octanol–water partition coefficient (Wildman–Crippen LogP) is 3.02. The molecule has 2 fully saturated rings. The smallest absolute Gasteiger partial charge is 0.234 e. The molecule has 1 saturated carbocycles. The lowest BCUT2D eigenvalue weighted by Gasteiger charge is -2.52. The van der Waals surface area contributed by atoms with Crippen molar-refractivity contribution in [3.8, 4) is 0 Å². The summed E-state index contributed by atoms with van der Waals surface area (Å²) in [6.07, 6.45) is 5.55. The lowest BCUT2D eigenvalue weighted by atomic mass is 9.66. The fourth-order valence-corrected chi connectivity index (χ4v) is 4.53. The second-order valence-corrected chi connectivity index (χ2v) is 7.52. The fraction of sp³-hybridized carbons (Fsp3) is 0.650. The highest BCUT2D eigenvalue weighted by Gasteiger charge is 2.49. The van der Waals surface area contributed by atoms with E-state index in [-0.39, 0.29) is 23.7 Å². The Kier molecular flexibility index (Phi) is 5.74. The summed E-state index contributed by atoms with van der Waals surface area (Å²) in [5.74, 6) is -0.139. The van der Waals surface area contributed by atoms with Gasteiger partial charge in [0.15, 0.2) is 0 Å². The van der Waals surface area contributed by atoms with Crippen molar-refractivity contribution in [2.24, 2.45) is 5.92 Å². The van der Waals surface area contributed by atoms with E-state index in [2.05, 4.69) is 10.2 Å². The van der Waals surface area contributed by atoms with E-state index in [0.717, 1.165) is 37.7 Å². The van der Waals surface area contributed by atoms with Gasteiger partial charge in [-0.05, 0) is 43.4 Å². The number of piperidine rings is 1. The molecule has 1 saturated heterocycles. The SMILES string of the molecule is CCCNC(=O)CN1CC[C@]2(O)CCCC[C@@H]2[C@H]1c1ccc(F)cc1. The van der Waals surface area contributed by atoms with Crippen molar-refractivity contribution in [1.29, 1.82) is 0 Å². The molecule has 3 atom stereocenters. The highest BCUT2D eigenvalue weighted by Crippen LogP contribution is 2.49. The van der Waals surface area contributed by atoms with E-state index >= 15 is 0 Å². The molecule has 1 aromatic rings. The maximum absolute atomic E-state index is 13.4. The molecule has 0 unspecified atom stereocenters. The first-order valence-corrected chi connectivity index (χ1v) is 9.52. The normalized spacial score (nSPS) is 29.9. The van der Waals surface area contributed by atoms with Gasteiger partial charge in [-0.15, -0.1) is 0 Å². The van der Waals surface area contributed by atoms with E-state index in [1.807, 2.05) is 6.92 Å². The minimum Gasteiger partial charge on any atom is -0.389 e. The monoisotopic (exact) mass is 348 g/mol. The second-order valence-electron chi connectivity index (χ2n) is 7.52. The molecule has 25 heavy (non-hydrogen) atoms. The van der Waals surface area contributed by atoms with Crippen LogP contribution in [0.2, 0.25) is 0 Å². The number of aliphatic hydroxyl groups is 1. The Labute approximate surface area is 149 Å². The van der Waals surface area contributed by atoms with Crippen molar-refractivity contribution >= 4 is 5.91 Å². The maximum Gasteiger partial charge on any atom is 0.234 e. The van der Waals surface area contributed by atoms with Crippen LogP contribution in [0.4, 0.5) is 4.39 Å². The van der Waals surface area contributed by atoms with Gasteiger partial charge >= 0.3 is 0 Å². The Morgan fingerprint density at radius 1 is 1.32 bits per heavy atom. The van der Waals surface area contributed by atoms with Crippen LogP contribution in [0, 0.1) is 11.7 Å². The molecular weight excluding hydrogens is 319 g/mol. The maximum atomic E-state index is 13.4. The highest BCUT2D eigenvalue weighted by atomic mass is 19.1. The summed E-state index contributed by atoms with van der Waals surface area (Å²) in [6.45, 7) is 3.73. The number of carbonyl (C=O) groups is 1. The van der Waals surface area contributed by atoms with Crippen LogP contribution in [0.25, 0.3) is 0 Å². The quantitative estimate of drug-likeness (QED) is 0.860. The predicted molar refractivity (Wildman–Crippen MR) is 95.5 cm³/mol. The van der Waals surface area contributed by atoms with Gasteiger partial charge in [0.1, 0.15) is 5.82 Å². The molecule has 1 amide bonds. The standard InChI is InChI=1S/C20H29FN2O2/c1-2-12-22-18(24)14-23-13-11-20(25)10-4-3-5-17(20)19(23)15-6-8-16(21)9-7-15/h6-9,17,19,25H,2-5,10-14H2,1H3,(H,22,24)/t17-,19-,20-/m1/s1. The zero-order chi connectivity index (χ0) is 17.9. The molecule has 0 bridgehead atoms. The van der Waals surface area contributed by atoms with Gasteiger partial charge < -0.3 is 10.4 Å². The molecule has 4 nitrogen and oxygen atoms in total. The average Bonchev–Trinajstić information content (AvgIpc) is 2.61. The summed E-state index contributed by atoms with van der Waals surface area (Å²) in [6, 6.07) is 6.52. The third kappa shape index (κ3) is 4.04. The largest absolute Gasteiger partial charge is 0.389 e. The van der Waals surface area contributed by atoms with Crippen LogP contribution in [0.5, 0.6) is 0 Å². The molecule has 2 N–H and O–H groups in total. The molecule has 1 aromatic carbocycles. The Balaban J connectivity index is 1.85. The van der Waals surface area contributed by atoms with E-state index in [4.69, 9.17) is 0 Å². The molecule has 0 aromatic heterocycles. The van der Waals surface area contributed by atoms with Crippen LogP contribution in [-0.2, 0) is 4.79 Å². The summed E-state index contributed by atoms with van der Waals surface area (Å²) < 4.78 is 13.4. The number of rotatable bonds is 5. The van der Waals surface area contributed by atoms with Crippen LogP contribution in [0.3, 0.4) is 0 Å². The van der Waals surface area contributed by atoms with Crippen LogP contribution < -0.4 is 5.32 Å². The Morgan fingerprint density at radius 2 is 2.08 bits per heavy atom. The van der Waals surface area contributed by atoms with Gasteiger partial charge in [-0.2, -0.15) is 0 Å². The van der Waals surface area contributed by atoms with E-state index in [1.165, 1.54) is 12.1 Å². The van der Waals surface area contributed by atoms with E-state index in [9.17, 15) is 14.3 Å². The molecule has 1 aliphatic carbocycles. The molecule has 0 radical (unpaired) electrons. The van der Waals surface area contributed by atoms with Gasteiger partial charge in [0.2, 0.25) is 5.91 Å². The zero-order valence-corrected chi connectivity index (χ0v) is 15.0. The lowest BCUT2D eigenvalue weighted by Crippen LogP contribution is -2.56. The fourth-order valence-electron chi connectivity index (χ4n) is 4.53. The number of halogens is 1. The van der Waals surface area contributed by atoms with Crippen molar-refractivity contribution in [3.63, 3.8) is 0 Å².